The summed E-state index contributed by atoms with van der Waals surface area (Å²) in [6, 6.07) is 4.38. The van der Waals surface area contributed by atoms with Crippen molar-refractivity contribution in [3.05, 3.63) is 40.9 Å². The topological polar surface area (TPSA) is 92.8 Å². The number of carbonyl (C=O) groups is 4. The van der Waals surface area contributed by atoms with Gasteiger partial charge in [0.25, 0.3) is 0 Å². The van der Waals surface area contributed by atoms with Gasteiger partial charge >= 0.3 is 5.97 Å². The van der Waals surface area contributed by atoms with Crippen LogP contribution in [-0.4, -0.2) is 42.2 Å². The van der Waals surface area contributed by atoms with E-state index in [1.54, 1.807) is 0 Å². The number of likely N-dealkylation sites (tertiary alicyclic amines) is 1. The number of hydrogen-bond donors (Lipinski definition) is 1. The van der Waals surface area contributed by atoms with E-state index in [1.807, 2.05) is 12.2 Å². The Balaban J connectivity index is 1.61. The van der Waals surface area contributed by atoms with Crippen molar-refractivity contribution in [3.63, 3.8) is 0 Å². The summed E-state index contributed by atoms with van der Waals surface area (Å²) in [5.74, 6) is -2.01. The number of benzene rings is 1. The van der Waals surface area contributed by atoms with Crippen LogP contribution in [0.1, 0.15) is 29.6 Å². The van der Waals surface area contributed by atoms with Gasteiger partial charge in [-0.1, -0.05) is 23.8 Å². The SMILES string of the molecule is COC(=O)c1ccc(Cl)c(NC(=O)CCN2C(=O)[C@H]3CC=CC[C@H]3C2=O)c1. The Bertz CT molecular complexity index is 809. The normalized spacial score (nSPS) is 21.2. The van der Waals surface area contributed by atoms with Crippen LogP contribution in [0.5, 0.6) is 0 Å². The zero-order valence-electron chi connectivity index (χ0n) is 14.7. The van der Waals surface area contributed by atoms with E-state index in [9.17, 15) is 19.2 Å². The smallest absolute Gasteiger partial charge is 0.337 e. The van der Waals surface area contributed by atoms with Gasteiger partial charge in [0.1, 0.15) is 0 Å². The Labute approximate surface area is 161 Å². The number of amides is 3. The summed E-state index contributed by atoms with van der Waals surface area (Å²) in [5, 5.41) is 2.87. The van der Waals surface area contributed by atoms with Gasteiger partial charge in [-0.25, -0.2) is 4.79 Å². The maximum absolute atomic E-state index is 12.4. The van der Waals surface area contributed by atoms with Crippen LogP contribution in [0.25, 0.3) is 0 Å². The van der Waals surface area contributed by atoms with Crippen LogP contribution in [-0.2, 0) is 19.1 Å². The largest absolute Gasteiger partial charge is 0.465 e. The molecule has 1 aliphatic heterocycles. The first kappa shape index (κ1) is 19.1. The second-order valence-electron chi connectivity index (χ2n) is 6.47. The van der Waals surface area contributed by atoms with E-state index in [1.165, 1.54) is 30.2 Å². The molecule has 1 saturated heterocycles. The van der Waals surface area contributed by atoms with E-state index in [0.29, 0.717) is 12.8 Å². The number of anilines is 1. The number of imide groups is 1. The van der Waals surface area contributed by atoms with Crippen molar-refractivity contribution in [2.24, 2.45) is 11.8 Å². The van der Waals surface area contributed by atoms with E-state index in [0.717, 1.165) is 0 Å². The summed E-state index contributed by atoms with van der Waals surface area (Å²) in [5.41, 5.74) is 0.514. The molecule has 0 spiro atoms. The lowest BCUT2D eigenvalue weighted by atomic mass is 9.85. The third-order valence-corrected chi connectivity index (χ3v) is 5.15. The molecule has 2 aliphatic rings. The summed E-state index contributed by atoms with van der Waals surface area (Å²) in [6.45, 7) is 0.0187. The molecule has 0 unspecified atom stereocenters. The van der Waals surface area contributed by atoms with Crippen LogP contribution in [0.4, 0.5) is 5.69 Å². The number of fused-ring (bicyclic) bond motifs is 1. The molecule has 7 nitrogen and oxygen atoms in total. The lowest BCUT2D eigenvalue weighted by Gasteiger charge is -2.15. The Morgan fingerprint density at radius 3 is 2.41 bits per heavy atom. The van der Waals surface area contributed by atoms with Crippen LogP contribution in [0.3, 0.4) is 0 Å². The highest BCUT2D eigenvalue weighted by atomic mass is 35.5. The molecule has 1 aromatic rings. The van der Waals surface area contributed by atoms with E-state index < -0.39 is 11.9 Å². The van der Waals surface area contributed by atoms with Crippen LogP contribution in [0.15, 0.2) is 30.4 Å². The average molecular weight is 391 g/mol. The number of ether oxygens (including phenoxy) is 1. The molecule has 2 atom stereocenters. The van der Waals surface area contributed by atoms with Gasteiger partial charge in [0.15, 0.2) is 0 Å². The van der Waals surface area contributed by atoms with Gasteiger partial charge in [-0.05, 0) is 31.0 Å². The highest BCUT2D eigenvalue weighted by Gasteiger charge is 2.46. The Morgan fingerprint density at radius 1 is 1.19 bits per heavy atom. The molecule has 0 radical (unpaired) electrons. The number of rotatable bonds is 5. The van der Waals surface area contributed by atoms with Crippen molar-refractivity contribution in [3.8, 4) is 0 Å². The standard InChI is InChI=1S/C19H19ClN2O5/c1-27-19(26)11-6-7-14(20)15(10-11)21-16(23)8-9-22-17(24)12-4-2-3-5-13(12)18(22)25/h2-3,6-7,10,12-13H,4-5,8-9H2,1H3,(H,21,23)/t12-,13+. The fourth-order valence-corrected chi connectivity index (χ4v) is 3.55. The molecule has 8 heteroatoms. The molecule has 3 amide bonds. The number of carbonyl (C=O) groups excluding carboxylic acids is 4. The number of methoxy groups -OCH3 is 1. The Hall–Kier alpha value is -2.67. The molecule has 0 aromatic heterocycles. The minimum absolute atomic E-state index is 0.0187. The highest BCUT2D eigenvalue weighted by molar-refractivity contribution is 6.33. The zero-order chi connectivity index (χ0) is 19.6. The van der Waals surface area contributed by atoms with Gasteiger partial charge in [-0.2, -0.15) is 0 Å². The second-order valence-corrected chi connectivity index (χ2v) is 6.88. The monoisotopic (exact) mass is 390 g/mol. The highest BCUT2D eigenvalue weighted by Crippen LogP contribution is 2.35. The van der Waals surface area contributed by atoms with E-state index in [-0.39, 0.29) is 52.9 Å². The van der Waals surface area contributed by atoms with Gasteiger partial charge in [0, 0.05) is 13.0 Å². The Kier molecular flexibility index (Phi) is 5.60. The molecule has 3 rings (SSSR count). The van der Waals surface area contributed by atoms with Crippen molar-refractivity contribution in [1.29, 1.82) is 0 Å². The number of allylic oxidation sites excluding steroid dienone is 2. The van der Waals surface area contributed by atoms with Gasteiger partial charge in [0.2, 0.25) is 17.7 Å². The maximum Gasteiger partial charge on any atom is 0.337 e. The first-order valence-corrected chi connectivity index (χ1v) is 8.98. The van der Waals surface area contributed by atoms with Crippen LogP contribution in [0.2, 0.25) is 5.02 Å². The molecule has 1 aromatic carbocycles. The summed E-state index contributed by atoms with van der Waals surface area (Å²) < 4.78 is 4.64. The molecule has 0 saturated carbocycles. The summed E-state index contributed by atoms with van der Waals surface area (Å²) >= 11 is 6.05. The fourth-order valence-electron chi connectivity index (χ4n) is 3.38. The summed E-state index contributed by atoms with van der Waals surface area (Å²) in [4.78, 5) is 49.8. The lowest BCUT2D eigenvalue weighted by Crippen LogP contribution is -2.34. The first-order valence-electron chi connectivity index (χ1n) is 8.60. The third kappa shape index (κ3) is 3.88. The minimum Gasteiger partial charge on any atom is -0.465 e. The second kappa shape index (κ2) is 7.92. The zero-order valence-corrected chi connectivity index (χ0v) is 15.5. The van der Waals surface area contributed by atoms with Gasteiger partial charge in [-0.15, -0.1) is 0 Å². The molecule has 142 valence electrons. The quantitative estimate of drug-likeness (QED) is 0.473. The molecule has 1 aliphatic carbocycles. The van der Waals surface area contributed by atoms with Gasteiger partial charge in [-0.3, -0.25) is 19.3 Å². The van der Waals surface area contributed by atoms with Crippen LogP contribution in [0, 0.1) is 11.8 Å². The molecule has 1 heterocycles. The number of esters is 1. The van der Waals surface area contributed by atoms with Crippen LogP contribution < -0.4 is 5.32 Å². The predicted molar refractivity (Wildman–Crippen MR) is 98.1 cm³/mol. The van der Waals surface area contributed by atoms with E-state index in [2.05, 4.69) is 10.1 Å². The molecule has 1 N–H and O–H groups in total. The van der Waals surface area contributed by atoms with Gasteiger partial charge in [0.05, 0.1) is 35.2 Å². The van der Waals surface area contributed by atoms with Crippen molar-refractivity contribution in [2.75, 3.05) is 19.0 Å². The van der Waals surface area contributed by atoms with Crippen molar-refractivity contribution >= 4 is 41.0 Å². The maximum atomic E-state index is 12.4. The average Bonchev–Trinajstić information content (AvgIpc) is 2.92. The molecule has 0 bridgehead atoms. The summed E-state index contributed by atoms with van der Waals surface area (Å²) in [7, 11) is 1.26. The lowest BCUT2D eigenvalue weighted by molar-refractivity contribution is -0.140. The van der Waals surface area contributed by atoms with Crippen molar-refractivity contribution < 1.29 is 23.9 Å². The molecular formula is C19H19ClN2O5. The van der Waals surface area contributed by atoms with Crippen molar-refractivity contribution in [2.45, 2.75) is 19.3 Å². The number of nitrogens with one attached hydrogen (secondary N) is 1. The number of hydrogen-bond acceptors (Lipinski definition) is 5. The molecular weight excluding hydrogens is 372 g/mol. The fraction of sp³-hybridized carbons (Fsp3) is 0.368. The summed E-state index contributed by atoms with van der Waals surface area (Å²) in [6.07, 6.45) is 4.91. The van der Waals surface area contributed by atoms with Crippen LogP contribution >= 0.6 is 11.6 Å². The molecule has 27 heavy (non-hydrogen) atoms. The van der Waals surface area contributed by atoms with Crippen molar-refractivity contribution in [1.82, 2.24) is 4.90 Å². The van der Waals surface area contributed by atoms with E-state index >= 15 is 0 Å². The minimum atomic E-state index is -0.549. The number of nitrogens with zero attached hydrogens (tertiary/aromatic N) is 1. The third-order valence-electron chi connectivity index (χ3n) is 4.82. The first-order chi connectivity index (χ1) is 12.9. The molecule has 1 fully saturated rings. The predicted octanol–water partition coefficient (Wildman–Crippen LogP) is 2.41. The number of halogens is 1. The van der Waals surface area contributed by atoms with Gasteiger partial charge < -0.3 is 10.1 Å². The Morgan fingerprint density at radius 2 is 1.81 bits per heavy atom. The van der Waals surface area contributed by atoms with E-state index in [4.69, 9.17) is 11.6 Å².